The summed E-state index contributed by atoms with van der Waals surface area (Å²) in [5.74, 6) is 1.29. The van der Waals surface area contributed by atoms with Gasteiger partial charge in [-0.25, -0.2) is 9.67 Å². The Kier molecular flexibility index (Phi) is 6.91. The topological polar surface area (TPSA) is 87.1 Å². The Morgan fingerprint density at radius 1 is 1.17 bits per heavy atom. The molecule has 0 aliphatic heterocycles. The number of hydrogen-bond donors (Lipinski definition) is 3. The van der Waals surface area contributed by atoms with Crippen molar-refractivity contribution in [2.45, 2.75) is 13.5 Å². The van der Waals surface area contributed by atoms with E-state index in [1.165, 1.54) is 0 Å². The van der Waals surface area contributed by atoms with E-state index in [1.54, 1.807) is 19.3 Å². The average Bonchev–Trinajstić information content (AvgIpc) is 3.07. The molecule has 2 aromatic heterocycles. The first-order valence-corrected chi connectivity index (χ1v) is 9.95. The summed E-state index contributed by atoms with van der Waals surface area (Å²) in [4.78, 5) is 18.6. The normalized spacial score (nSPS) is 10.9. The number of pyridine rings is 1. The molecular weight excluding hydrogens is 402 g/mol. The van der Waals surface area contributed by atoms with Gasteiger partial charge in [-0.2, -0.15) is 5.10 Å². The van der Waals surface area contributed by atoms with Gasteiger partial charge in [-0.3, -0.25) is 4.79 Å². The molecule has 9 heteroatoms. The first-order chi connectivity index (χ1) is 14.4. The lowest BCUT2D eigenvalue weighted by Crippen LogP contribution is -2.20. The molecule has 0 unspecified atom stereocenters. The Morgan fingerprint density at radius 3 is 2.67 bits per heavy atom. The zero-order valence-corrected chi connectivity index (χ0v) is 18.3. The highest BCUT2D eigenvalue weighted by molar-refractivity contribution is 6.33. The molecule has 3 aromatic rings. The molecule has 0 saturated carbocycles. The molecule has 2 heterocycles. The number of amides is 1. The molecule has 0 atom stereocenters. The maximum Gasteiger partial charge on any atom is 0.253 e. The molecule has 158 valence electrons. The molecule has 0 bridgehead atoms. The molecule has 0 spiro atoms. The summed E-state index contributed by atoms with van der Waals surface area (Å²) in [5.41, 5.74) is 2.74. The largest absolute Gasteiger partial charge is 0.355 e. The van der Waals surface area contributed by atoms with Crippen LogP contribution in [0.5, 0.6) is 0 Å². The van der Waals surface area contributed by atoms with Crippen molar-refractivity contribution < 1.29 is 4.79 Å². The molecule has 0 saturated heterocycles. The number of aromatic nitrogens is 3. The number of para-hydroxylation sites is 1. The Labute approximate surface area is 181 Å². The Hall–Kier alpha value is -3.10. The number of carbonyl (C=O) groups is 1. The van der Waals surface area contributed by atoms with Crippen LogP contribution in [0.25, 0.3) is 0 Å². The number of likely N-dealkylation sites (N-methyl/N-ethyl adjacent to an activating group) is 1. The fourth-order valence-corrected chi connectivity index (χ4v) is 3.07. The van der Waals surface area contributed by atoms with Crippen molar-refractivity contribution in [3.8, 4) is 0 Å². The third-order valence-corrected chi connectivity index (χ3v) is 4.74. The molecule has 3 rings (SSSR count). The van der Waals surface area contributed by atoms with Crippen molar-refractivity contribution in [1.29, 1.82) is 0 Å². The number of hydrogen-bond acceptors (Lipinski definition) is 6. The molecule has 30 heavy (non-hydrogen) atoms. The third-order valence-electron chi connectivity index (χ3n) is 4.44. The molecule has 3 N–H and O–H groups in total. The number of rotatable bonds is 8. The minimum absolute atomic E-state index is 0.179. The van der Waals surface area contributed by atoms with Crippen molar-refractivity contribution in [2.24, 2.45) is 0 Å². The highest BCUT2D eigenvalue weighted by atomic mass is 35.5. The number of halogens is 1. The van der Waals surface area contributed by atoms with Gasteiger partial charge < -0.3 is 20.9 Å². The Balaban J connectivity index is 1.85. The van der Waals surface area contributed by atoms with Crippen LogP contribution in [0, 0.1) is 6.92 Å². The highest BCUT2D eigenvalue weighted by Gasteiger charge is 2.13. The Morgan fingerprint density at radius 2 is 1.93 bits per heavy atom. The van der Waals surface area contributed by atoms with E-state index in [4.69, 9.17) is 11.6 Å². The standard InChI is InChI=1S/C21H26ClN7O/c1-14-11-20(29(27-14)10-9-28(3)4)26-19-12-18(16(22)13-24-19)25-17-8-6-5-7-15(17)21(30)23-2/h5-8,11-13H,9-10H2,1-4H3,(H,23,30)(H2,24,25,26). The van der Waals surface area contributed by atoms with Gasteiger partial charge >= 0.3 is 0 Å². The second-order valence-corrected chi connectivity index (χ2v) is 7.53. The minimum Gasteiger partial charge on any atom is -0.355 e. The van der Waals surface area contributed by atoms with Crippen LogP contribution in [0.1, 0.15) is 16.1 Å². The van der Waals surface area contributed by atoms with E-state index in [9.17, 15) is 4.79 Å². The van der Waals surface area contributed by atoms with E-state index in [0.29, 0.717) is 27.8 Å². The SMILES string of the molecule is CNC(=O)c1ccccc1Nc1cc(Nc2cc(C)nn2CCN(C)C)ncc1Cl. The second-order valence-electron chi connectivity index (χ2n) is 7.12. The highest BCUT2D eigenvalue weighted by Crippen LogP contribution is 2.29. The number of anilines is 4. The number of carbonyl (C=O) groups excluding carboxylic acids is 1. The zero-order valence-electron chi connectivity index (χ0n) is 17.5. The first kappa shape index (κ1) is 21.6. The van der Waals surface area contributed by atoms with E-state index in [2.05, 4.69) is 30.9 Å². The summed E-state index contributed by atoms with van der Waals surface area (Å²) in [7, 11) is 5.65. The summed E-state index contributed by atoms with van der Waals surface area (Å²) < 4.78 is 1.92. The second kappa shape index (κ2) is 9.60. The van der Waals surface area contributed by atoms with E-state index in [-0.39, 0.29) is 5.91 Å². The van der Waals surface area contributed by atoms with Crippen LogP contribution >= 0.6 is 11.6 Å². The van der Waals surface area contributed by atoms with Crippen LogP contribution in [0.3, 0.4) is 0 Å². The van der Waals surface area contributed by atoms with Crippen LogP contribution in [0.2, 0.25) is 5.02 Å². The van der Waals surface area contributed by atoms with E-state index in [0.717, 1.165) is 24.6 Å². The maximum atomic E-state index is 12.1. The number of benzene rings is 1. The van der Waals surface area contributed by atoms with E-state index in [1.807, 2.05) is 56.0 Å². The van der Waals surface area contributed by atoms with Crippen molar-refractivity contribution in [3.63, 3.8) is 0 Å². The fraction of sp³-hybridized carbons (Fsp3) is 0.286. The monoisotopic (exact) mass is 427 g/mol. The van der Waals surface area contributed by atoms with Gasteiger partial charge in [-0.05, 0) is 33.2 Å². The summed E-state index contributed by atoms with van der Waals surface area (Å²) in [6.45, 7) is 3.57. The van der Waals surface area contributed by atoms with Crippen molar-refractivity contribution in [1.82, 2.24) is 25.0 Å². The van der Waals surface area contributed by atoms with Gasteiger partial charge in [0.1, 0.15) is 11.6 Å². The van der Waals surface area contributed by atoms with Crippen molar-refractivity contribution in [3.05, 3.63) is 58.9 Å². The predicted molar refractivity (Wildman–Crippen MR) is 121 cm³/mol. The van der Waals surface area contributed by atoms with Crippen molar-refractivity contribution in [2.75, 3.05) is 38.3 Å². The third kappa shape index (κ3) is 5.28. The molecule has 1 amide bonds. The van der Waals surface area contributed by atoms with Crippen LogP contribution in [0.4, 0.5) is 23.0 Å². The molecule has 0 aliphatic carbocycles. The fourth-order valence-electron chi connectivity index (χ4n) is 2.92. The van der Waals surface area contributed by atoms with Gasteiger partial charge in [0.05, 0.1) is 40.4 Å². The summed E-state index contributed by atoms with van der Waals surface area (Å²) in [5, 5.41) is 14.2. The lowest BCUT2D eigenvalue weighted by Gasteiger charge is -2.15. The van der Waals surface area contributed by atoms with Gasteiger partial charge in [0.25, 0.3) is 5.91 Å². The molecular formula is C21H26ClN7O. The summed E-state index contributed by atoms with van der Waals surface area (Å²) in [6, 6.07) is 11.0. The first-order valence-electron chi connectivity index (χ1n) is 9.57. The molecule has 0 fully saturated rings. The Bertz CT molecular complexity index is 1030. The van der Waals surface area contributed by atoms with Crippen LogP contribution < -0.4 is 16.0 Å². The van der Waals surface area contributed by atoms with Crippen LogP contribution in [0.15, 0.2) is 42.6 Å². The van der Waals surface area contributed by atoms with Crippen LogP contribution in [-0.2, 0) is 6.54 Å². The predicted octanol–water partition coefficient (Wildman–Crippen LogP) is 3.65. The number of nitrogens with one attached hydrogen (secondary N) is 3. The lowest BCUT2D eigenvalue weighted by molar-refractivity contribution is 0.0964. The van der Waals surface area contributed by atoms with Crippen LogP contribution in [-0.4, -0.2) is 53.3 Å². The molecule has 0 radical (unpaired) electrons. The molecule has 0 aliphatic rings. The zero-order chi connectivity index (χ0) is 21.7. The minimum atomic E-state index is -0.179. The average molecular weight is 428 g/mol. The maximum absolute atomic E-state index is 12.1. The lowest BCUT2D eigenvalue weighted by atomic mass is 10.1. The number of nitrogens with zero attached hydrogens (tertiary/aromatic N) is 4. The molecule has 1 aromatic carbocycles. The summed E-state index contributed by atoms with van der Waals surface area (Å²) >= 11 is 6.36. The van der Waals surface area contributed by atoms with Gasteiger partial charge in [0.2, 0.25) is 0 Å². The number of aryl methyl sites for hydroxylation is 1. The van der Waals surface area contributed by atoms with Gasteiger partial charge in [-0.15, -0.1) is 0 Å². The quantitative estimate of drug-likeness (QED) is 0.508. The van der Waals surface area contributed by atoms with E-state index >= 15 is 0 Å². The van der Waals surface area contributed by atoms with Crippen molar-refractivity contribution >= 4 is 40.5 Å². The van der Waals surface area contributed by atoms with E-state index < -0.39 is 0 Å². The van der Waals surface area contributed by atoms with Gasteiger partial charge in [0, 0.05) is 25.7 Å². The summed E-state index contributed by atoms with van der Waals surface area (Å²) in [6.07, 6.45) is 1.57. The smallest absolute Gasteiger partial charge is 0.253 e. The molecule has 8 nitrogen and oxygen atoms in total. The van der Waals surface area contributed by atoms with Gasteiger partial charge in [-0.1, -0.05) is 23.7 Å². The van der Waals surface area contributed by atoms with Gasteiger partial charge in [0.15, 0.2) is 0 Å².